The van der Waals surface area contributed by atoms with E-state index in [0.29, 0.717) is 11.4 Å². The number of benzene rings is 2. The summed E-state index contributed by atoms with van der Waals surface area (Å²) >= 11 is 0. The standard InChI is InChI=1S/C20H20N4O2/c1-26-20(25)16-8-5-9-17(12-16)24-19-13-18(22-14-23-19)21-11-10-15-6-3-2-4-7-15/h2-9,12-14H,10-11H2,1H3,(H2,21,22,23,24). The predicted molar refractivity (Wildman–Crippen MR) is 102 cm³/mol. The Balaban J connectivity index is 1.61. The van der Waals surface area contributed by atoms with Crippen molar-refractivity contribution in [2.24, 2.45) is 0 Å². The van der Waals surface area contributed by atoms with Crippen LogP contribution in [0.15, 0.2) is 67.0 Å². The summed E-state index contributed by atoms with van der Waals surface area (Å²) in [5.41, 5.74) is 2.50. The molecule has 26 heavy (non-hydrogen) atoms. The fourth-order valence-electron chi connectivity index (χ4n) is 2.49. The number of nitrogens with zero attached hydrogens (tertiary/aromatic N) is 2. The third-order valence-electron chi connectivity index (χ3n) is 3.79. The van der Waals surface area contributed by atoms with Gasteiger partial charge in [0, 0.05) is 18.3 Å². The molecule has 2 N–H and O–H groups in total. The van der Waals surface area contributed by atoms with Gasteiger partial charge in [0.05, 0.1) is 12.7 Å². The van der Waals surface area contributed by atoms with Gasteiger partial charge >= 0.3 is 5.97 Å². The summed E-state index contributed by atoms with van der Waals surface area (Å²) < 4.78 is 4.74. The van der Waals surface area contributed by atoms with Gasteiger partial charge in [0.1, 0.15) is 18.0 Å². The zero-order valence-corrected chi connectivity index (χ0v) is 14.5. The number of carbonyl (C=O) groups is 1. The van der Waals surface area contributed by atoms with Gasteiger partial charge in [-0.2, -0.15) is 0 Å². The zero-order chi connectivity index (χ0) is 18.2. The van der Waals surface area contributed by atoms with Crippen LogP contribution in [0.4, 0.5) is 17.3 Å². The highest BCUT2D eigenvalue weighted by atomic mass is 16.5. The summed E-state index contributed by atoms with van der Waals surface area (Å²) in [7, 11) is 1.36. The van der Waals surface area contributed by atoms with E-state index >= 15 is 0 Å². The molecule has 2 aromatic carbocycles. The maximum absolute atomic E-state index is 11.6. The lowest BCUT2D eigenvalue weighted by Crippen LogP contribution is -2.07. The van der Waals surface area contributed by atoms with Crippen molar-refractivity contribution in [1.82, 2.24) is 9.97 Å². The van der Waals surface area contributed by atoms with Crippen LogP contribution in [0.25, 0.3) is 0 Å². The number of hydrogen-bond acceptors (Lipinski definition) is 6. The van der Waals surface area contributed by atoms with Gasteiger partial charge in [-0.25, -0.2) is 14.8 Å². The van der Waals surface area contributed by atoms with E-state index in [1.807, 2.05) is 30.3 Å². The van der Waals surface area contributed by atoms with Crippen LogP contribution in [-0.4, -0.2) is 29.6 Å². The van der Waals surface area contributed by atoms with E-state index in [0.717, 1.165) is 24.5 Å². The van der Waals surface area contributed by atoms with Gasteiger partial charge in [0.15, 0.2) is 0 Å². The second-order valence-electron chi connectivity index (χ2n) is 5.65. The van der Waals surface area contributed by atoms with E-state index in [2.05, 4.69) is 32.7 Å². The number of hydrogen-bond donors (Lipinski definition) is 2. The predicted octanol–water partition coefficient (Wildman–Crippen LogP) is 3.66. The molecule has 0 saturated heterocycles. The van der Waals surface area contributed by atoms with E-state index in [4.69, 9.17) is 4.74 Å². The average Bonchev–Trinajstić information content (AvgIpc) is 2.69. The number of methoxy groups -OCH3 is 1. The molecule has 0 aliphatic carbocycles. The zero-order valence-electron chi connectivity index (χ0n) is 14.5. The van der Waals surface area contributed by atoms with Crippen LogP contribution >= 0.6 is 0 Å². The molecule has 0 saturated carbocycles. The summed E-state index contributed by atoms with van der Waals surface area (Å²) in [6.45, 7) is 0.776. The summed E-state index contributed by atoms with van der Waals surface area (Å²) in [5.74, 6) is 1.01. The highest BCUT2D eigenvalue weighted by Gasteiger charge is 2.06. The van der Waals surface area contributed by atoms with Gasteiger partial charge in [0.2, 0.25) is 0 Å². The van der Waals surface area contributed by atoms with Crippen molar-refractivity contribution in [3.05, 3.63) is 78.1 Å². The number of anilines is 3. The quantitative estimate of drug-likeness (QED) is 0.635. The lowest BCUT2D eigenvalue weighted by molar-refractivity contribution is 0.0601. The van der Waals surface area contributed by atoms with Crippen molar-refractivity contribution in [3.8, 4) is 0 Å². The molecule has 6 heteroatoms. The number of rotatable bonds is 7. The van der Waals surface area contributed by atoms with Crippen LogP contribution in [0.1, 0.15) is 15.9 Å². The SMILES string of the molecule is COC(=O)c1cccc(Nc2cc(NCCc3ccccc3)ncn2)c1. The Morgan fingerprint density at radius 3 is 2.62 bits per heavy atom. The van der Waals surface area contributed by atoms with E-state index in [9.17, 15) is 4.79 Å². The van der Waals surface area contributed by atoms with Crippen LogP contribution in [0.5, 0.6) is 0 Å². The Morgan fingerprint density at radius 2 is 1.81 bits per heavy atom. The molecule has 0 unspecified atom stereocenters. The van der Waals surface area contributed by atoms with Gasteiger partial charge in [-0.05, 0) is 30.2 Å². The Morgan fingerprint density at radius 1 is 1.00 bits per heavy atom. The summed E-state index contributed by atoms with van der Waals surface area (Å²) in [5, 5.41) is 6.47. The molecule has 3 rings (SSSR count). The molecular weight excluding hydrogens is 328 g/mol. The molecule has 0 radical (unpaired) electrons. The molecule has 0 spiro atoms. The van der Waals surface area contributed by atoms with Crippen molar-refractivity contribution >= 4 is 23.3 Å². The second-order valence-corrected chi connectivity index (χ2v) is 5.65. The number of nitrogens with one attached hydrogen (secondary N) is 2. The Labute approximate surface area is 152 Å². The van der Waals surface area contributed by atoms with Crippen molar-refractivity contribution in [1.29, 1.82) is 0 Å². The minimum Gasteiger partial charge on any atom is -0.465 e. The van der Waals surface area contributed by atoms with Crippen LogP contribution in [0.2, 0.25) is 0 Å². The van der Waals surface area contributed by atoms with E-state index in [-0.39, 0.29) is 5.97 Å². The number of aromatic nitrogens is 2. The van der Waals surface area contributed by atoms with Crippen molar-refractivity contribution < 1.29 is 9.53 Å². The molecule has 0 amide bonds. The minimum atomic E-state index is -0.375. The smallest absolute Gasteiger partial charge is 0.337 e. The lowest BCUT2D eigenvalue weighted by atomic mass is 10.1. The van der Waals surface area contributed by atoms with E-state index in [1.54, 1.807) is 18.2 Å². The van der Waals surface area contributed by atoms with Crippen LogP contribution in [0, 0.1) is 0 Å². The first-order valence-electron chi connectivity index (χ1n) is 8.30. The Kier molecular flexibility index (Phi) is 5.77. The van der Waals surface area contributed by atoms with Gasteiger partial charge in [0.25, 0.3) is 0 Å². The number of carbonyl (C=O) groups excluding carboxylic acids is 1. The average molecular weight is 348 g/mol. The molecule has 0 aliphatic rings. The maximum Gasteiger partial charge on any atom is 0.337 e. The Hall–Kier alpha value is -3.41. The molecule has 1 aromatic heterocycles. The number of ether oxygens (including phenoxy) is 1. The summed E-state index contributed by atoms with van der Waals surface area (Å²) in [6, 6.07) is 19.2. The van der Waals surface area contributed by atoms with Crippen LogP contribution < -0.4 is 10.6 Å². The first-order valence-corrected chi connectivity index (χ1v) is 8.30. The van der Waals surface area contributed by atoms with E-state index < -0.39 is 0 Å². The van der Waals surface area contributed by atoms with Crippen LogP contribution in [0.3, 0.4) is 0 Å². The lowest BCUT2D eigenvalue weighted by Gasteiger charge is -2.09. The first-order chi connectivity index (χ1) is 12.7. The fraction of sp³-hybridized carbons (Fsp3) is 0.150. The largest absolute Gasteiger partial charge is 0.465 e. The summed E-state index contributed by atoms with van der Waals surface area (Å²) in [4.78, 5) is 20.1. The third kappa shape index (κ3) is 4.80. The van der Waals surface area contributed by atoms with E-state index in [1.165, 1.54) is 19.0 Å². The number of esters is 1. The monoisotopic (exact) mass is 348 g/mol. The molecule has 3 aromatic rings. The Bertz CT molecular complexity index is 868. The molecule has 132 valence electrons. The minimum absolute atomic E-state index is 0.375. The highest BCUT2D eigenvalue weighted by molar-refractivity contribution is 5.90. The maximum atomic E-state index is 11.6. The topological polar surface area (TPSA) is 76.1 Å². The second kappa shape index (κ2) is 8.62. The molecule has 0 atom stereocenters. The molecular formula is C20H20N4O2. The van der Waals surface area contributed by atoms with Gasteiger partial charge < -0.3 is 15.4 Å². The summed E-state index contributed by atoms with van der Waals surface area (Å²) in [6.07, 6.45) is 2.41. The van der Waals surface area contributed by atoms with Crippen LogP contribution in [-0.2, 0) is 11.2 Å². The molecule has 0 bridgehead atoms. The van der Waals surface area contributed by atoms with Crippen molar-refractivity contribution in [2.75, 3.05) is 24.3 Å². The first kappa shape index (κ1) is 17.4. The highest BCUT2D eigenvalue weighted by Crippen LogP contribution is 2.18. The third-order valence-corrected chi connectivity index (χ3v) is 3.79. The van der Waals surface area contributed by atoms with Crippen molar-refractivity contribution in [3.63, 3.8) is 0 Å². The normalized spacial score (nSPS) is 10.2. The molecule has 0 aliphatic heterocycles. The fourth-order valence-corrected chi connectivity index (χ4v) is 2.49. The molecule has 1 heterocycles. The van der Waals surface area contributed by atoms with Gasteiger partial charge in [-0.1, -0.05) is 36.4 Å². The van der Waals surface area contributed by atoms with Gasteiger partial charge in [-0.15, -0.1) is 0 Å². The molecule has 6 nitrogen and oxygen atoms in total. The van der Waals surface area contributed by atoms with Gasteiger partial charge in [-0.3, -0.25) is 0 Å². The molecule has 0 fully saturated rings. The van der Waals surface area contributed by atoms with Crippen molar-refractivity contribution in [2.45, 2.75) is 6.42 Å².